The molecule has 0 aliphatic rings. The van der Waals surface area contributed by atoms with Crippen molar-refractivity contribution in [1.82, 2.24) is 8.75 Å². The predicted octanol–water partition coefficient (Wildman–Crippen LogP) is 2.55. The predicted molar refractivity (Wildman–Crippen MR) is 70.0 cm³/mol. The van der Waals surface area contributed by atoms with Gasteiger partial charge in [-0.15, -0.1) is 4.37 Å². The highest BCUT2D eigenvalue weighted by Gasteiger charge is 2.20. The number of halogens is 2. The lowest BCUT2D eigenvalue weighted by Gasteiger charge is -2.07. The Morgan fingerprint density at radius 1 is 1.33 bits per heavy atom. The lowest BCUT2D eigenvalue weighted by atomic mass is 10.1. The number of nitrogen functional groups attached to an aromatic ring is 1. The molecule has 18 heavy (non-hydrogen) atoms. The molecule has 6 nitrogen and oxygen atoms in total. The number of aromatic nitrogens is 2. The molecule has 1 amide bonds. The Morgan fingerprint density at radius 3 is 2.72 bits per heavy atom. The molecule has 2 rings (SSSR count). The van der Waals surface area contributed by atoms with Crippen molar-refractivity contribution in [3.8, 4) is 17.1 Å². The summed E-state index contributed by atoms with van der Waals surface area (Å²) < 4.78 is 12.5. The van der Waals surface area contributed by atoms with E-state index in [1.807, 2.05) is 0 Å². The molecule has 9 heteroatoms. The van der Waals surface area contributed by atoms with Gasteiger partial charge in [-0.05, 0) is 12.1 Å². The Hall–Kier alpha value is -1.57. The highest BCUT2D eigenvalue weighted by atomic mass is 35.5. The minimum absolute atomic E-state index is 0.0538. The van der Waals surface area contributed by atoms with E-state index in [-0.39, 0.29) is 16.6 Å². The second kappa shape index (κ2) is 4.97. The molecular weight excluding hydrogens is 299 g/mol. The Bertz CT molecular complexity index is 617. The molecule has 1 aromatic heterocycles. The van der Waals surface area contributed by atoms with Crippen molar-refractivity contribution in [3.63, 3.8) is 0 Å². The van der Waals surface area contributed by atoms with E-state index in [2.05, 4.69) is 8.75 Å². The zero-order chi connectivity index (χ0) is 13.3. The minimum Gasteiger partial charge on any atom is -0.398 e. The quantitative estimate of drug-likeness (QED) is 0.830. The third-order valence-electron chi connectivity index (χ3n) is 2.01. The second-order valence-electron chi connectivity index (χ2n) is 3.16. The Balaban J connectivity index is 2.59. The minimum atomic E-state index is -1.000. The maximum Gasteiger partial charge on any atom is 0.411 e. The van der Waals surface area contributed by atoms with Gasteiger partial charge in [0.25, 0.3) is 5.88 Å². The van der Waals surface area contributed by atoms with Crippen LogP contribution < -0.4 is 16.2 Å². The van der Waals surface area contributed by atoms with Crippen molar-refractivity contribution in [2.24, 2.45) is 5.73 Å². The first-order chi connectivity index (χ1) is 8.50. The number of anilines is 1. The number of primary amides is 1. The summed E-state index contributed by atoms with van der Waals surface area (Å²) in [4.78, 5) is 10.7. The first kappa shape index (κ1) is 12.9. The summed E-state index contributed by atoms with van der Waals surface area (Å²) in [6.07, 6.45) is -1.000. The number of amides is 1. The van der Waals surface area contributed by atoms with Crippen molar-refractivity contribution < 1.29 is 9.53 Å². The highest BCUT2D eigenvalue weighted by molar-refractivity contribution is 6.99. The Labute approximate surface area is 116 Å². The van der Waals surface area contributed by atoms with E-state index >= 15 is 0 Å². The molecule has 0 bridgehead atoms. The zero-order valence-electron chi connectivity index (χ0n) is 8.68. The van der Waals surface area contributed by atoms with Gasteiger partial charge in [0.1, 0.15) is 0 Å². The third kappa shape index (κ3) is 2.33. The van der Waals surface area contributed by atoms with Crippen LogP contribution in [-0.2, 0) is 0 Å². The molecule has 2 aromatic rings. The molecule has 0 fully saturated rings. The van der Waals surface area contributed by atoms with Crippen molar-refractivity contribution in [1.29, 1.82) is 0 Å². The van der Waals surface area contributed by atoms with Crippen LogP contribution in [0.5, 0.6) is 5.88 Å². The summed E-state index contributed by atoms with van der Waals surface area (Å²) >= 11 is 12.9. The maximum atomic E-state index is 10.7. The smallest absolute Gasteiger partial charge is 0.398 e. The normalized spacial score (nSPS) is 10.3. The molecule has 0 aliphatic carbocycles. The van der Waals surface area contributed by atoms with Gasteiger partial charge in [0.2, 0.25) is 0 Å². The van der Waals surface area contributed by atoms with Crippen LogP contribution in [0, 0.1) is 0 Å². The molecule has 0 saturated carbocycles. The summed E-state index contributed by atoms with van der Waals surface area (Å²) in [7, 11) is 0. The summed E-state index contributed by atoms with van der Waals surface area (Å²) in [6.45, 7) is 0. The van der Waals surface area contributed by atoms with E-state index in [1.54, 1.807) is 12.1 Å². The van der Waals surface area contributed by atoms with E-state index in [0.29, 0.717) is 16.3 Å². The summed E-state index contributed by atoms with van der Waals surface area (Å²) in [5.41, 5.74) is 11.5. The van der Waals surface area contributed by atoms with E-state index in [0.717, 1.165) is 11.7 Å². The van der Waals surface area contributed by atoms with E-state index in [4.69, 9.17) is 39.4 Å². The third-order valence-corrected chi connectivity index (χ3v) is 3.25. The van der Waals surface area contributed by atoms with Crippen LogP contribution in [0.2, 0.25) is 10.0 Å². The number of carbonyl (C=O) groups is 1. The van der Waals surface area contributed by atoms with Crippen LogP contribution in [0.3, 0.4) is 0 Å². The van der Waals surface area contributed by atoms with E-state index in [9.17, 15) is 4.79 Å². The fourth-order valence-corrected chi connectivity index (χ4v) is 2.32. The highest BCUT2D eigenvalue weighted by Crippen LogP contribution is 2.41. The molecule has 4 N–H and O–H groups in total. The molecule has 1 heterocycles. The molecule has 94 valence electrons. The number of nitrogens with two attached hydrogens (primary N) is 2. The Kier molecular flexibility index (Phi) is 3.55. The fourth-order valence-electron chi connectivity index (χ4n) is 1.28. The van der Waals surface area contributed by atoms with E-state index in [1.165, 1.54) is 0 Å². The number of carbonyl (C=O) groups excluding carboxylic acids is 1. The van der Waals surface area contributed by atoms with Crippen molar-refractivity contribution >= 4 is 46.7 Å². The van der Waals surface area contributed by atoms with Gasteiger partial charge < -0.3 is 16.2 Å². The average Bonchev–Trinajstić information content (AvgIpc) is 2.72. The van der Waals surface area contributed by atoms with Gasteiger partial charge in [-0.25, -0.2) is 4.79 Å². The number of ether oxygens (including phenoxy) is 1. The second-order valence-corrected chi connectivity index (χ2v) is 4.48. The first-order valence-corrected chi connectivity index (χ1v) is 6.03. The average molecular weight is 305 g/mol. The van der Waals surface area contributed by atoms with Gasteiger partial charge in [0.05, 0.1) is 27.5 Å². The molecule has 0 saturated heterocycles. The van der Waals surface area contributed by atoms with Gasteiger partial charge in [-0.3, -0.25) is 0 Å². The summed E-state index contributed by atoms with van der Waals surface area (Å²) in [5, 5.41) is 0.528. The van der Waals surface area contributed by atoms with Crippen molar-refractivity contribution in [2.75, 3.05) is 5.73 Å². The molecular formula is C9H6Cl2N4O2S. The van der Waals surface area contributed by atoms with Crippen LogP contribution in [0.1, 0.15) is 0 Å². The first-order valence-electron chi connectivity index (χ1n) is 4.54. The van der Waals surface area contributed by atoms with Gasteiger partial charge in [-0.2, -0.15) is 4.37 Å². The van der Waals surface area contributed by atoms with Gasteiger partial charge in [0, 0.05) is 5.56 Å². The van der Waals surface area contributed by atoms with Crippen LogP contribution in [-0.4, -0.2) is 14.8 Å². The fraction of sp³-hybridized carbons (Fsp3) is 0. The van der Waals surface area contributed by atoms with Gasteiger partial charge in [-0.1, -0.05) is 23.2 Å². The van der Waals surface area contributed by atoms with Crippen LogP contribution in [0.25, 0.3) is 11.3 Å². The molecule has 0 unspecified atom stereocenters. The lowest BCUT2D eigenvalue weighted by Crippen LogP contribution is -2.16. The van der Waals surface area contributed by atoms with Gasteiger partial charge in [0.15, 0.2) is 5.69 Å². The SMILES string of the molecule is NC(=O)Oc1nsnc1-c1c(Cl)ccc(N)c1Cl. The number of hydrogen-bond donors (Lipinski definition) is 2. The molecule has 0 spiro atoms. The molecule has 1 aromatic carbocycles. The molecule has 0 aliphatic heterocycles. The monoisotopic (exact) mass is 304 g/mol. The largest absolute Gasteiger partial charge is 0.411 e. The van der Waals surface area contributed by atoms with E-state index < -0.39 is 6.09 Å². The number of benzene rings is 1. The summed E-state index contributed by atoms with van der Waals surface area (Å²) in [5.74, 6) is -0.0538. The van der Waals surface area contributed by atoms with Gasteiger partial charge >= 0.3 is 6.09 Å². The number of nitrogens with zero attached hydrogens (tertiary/aromatic N) is 2. The van der Waals surface area contributed by atoms with Crippen LogP contribution >= 0.6 is 34.9 Å². The van der Waals surface area contributed by atoms with Crippen LogP contribution in [0.15, 0.2) is 12.1 Å². The standard InChI is InChI=1S/C9H6Cl2N4O2S/c10-3-1-2-4(12)6(11)5(3)7-8(15-18-14-7)17-9(13)16/h1-2H,12H2,(H2,13,16). The maximum absolute atomic E-state index is 10.7. The van der Waals surface area contributed by atoms with Crippen molar-refractivity contribution in [3.05, 3.63) is 22.2 Å². The topological polar surface area (TPSA) is 104 Å². The molecule has 0 radical (unpaired) electrons. The lowest BCUT2D eigenvalue weighted by molar-refractivity contribution is 0.209. The van der Waals surface area contributed by atoms with Crippen LogP contribution in [0.4, 0.5) is 10.5 Å². The number of hydrogen-bond acceptors (Lipinski definition) is 6. The number of rotatable bonds is 2. The molecule has 0 atom stereocenters. The Morgan fingerprint density at radius 2 is 2.06 bits per heavy atom. The zero-order valence-corrected chi connectivity index (χ0v) is 11.0. The summed E-state index contributed by atoms with van der Waals surface area (Å²) in [6, 6.07) is 3.12. The van der Waals surface area contributed by atoms with Crippen molar-refractivity contribution in [2.45, 2.75) is 0 Å².